The lowest BCUT2D eigenvalue weighted by Crippen LogP contribution is -2.14. The Labute approximate surface area is 113 Å². The van der Waals surface area contributed by atoms with E-state index < -0.39 is 5.97 Å². The number of benzene rings is 1. The van der Waals surface area contributed by atoms with Gasteiger partial charge in [-0.3, -0.25) is 0 Å². The summed E-state index contributed by atoms with van der Waals surface area (Å²) in [6.45, 7) is 3.10. The van der Waals surface area contributed by atoms with Crippen molar-refractivity contribution in [3.63, 3.8) is 0 Å². The van der Waals surface area contributed by atoms with E-state index >= 15 is 0 Å². The summed E-state index contributed by atoms with van der Waals surface area (Å²) in [5.74, 6) is 1.19. The van der Waals surface area contributed by atoms with Crippen molar-refractivity contribution in [2.45, 2.75) is 26.2 Å². The zero-order valence-electron chi connectivity index (χ0n) is 11.5. The van der Waals surface area contributed by atoms with Crippen molar-refractivity contribution in [1.29, 1.82) is 0 Å². The molecule has 4 heteroatoms. The van der Waals surface area contributed by atoms with E-state index in [-0.39, 0.29) is 0 Å². The van der Waals surface area contributed by atoms with Crippen LogP contribution in [0.1, 0.15) is 36.5 Å². The van der Waals surface area contributed by atoms with Gasteiger partial charge in [0.1, 0.15) is 5.75 Å². The van der Waals surface area contributed by atoms with E-state index in [9.17, 15) is 9.90 Å². The van der Waals surface area contributed by atoms with E-state index in [2.05, 4.69) is 12.2 Å². The molecule has 2 unspecified atom stereocenters. The Kier molecular flexibility index (Phi) is 4.30. The van der Waals surface area contributed by atoms with E-state index in [1.165, 1.54) is 19.3 Å². The van der Waals surface area contributed by atoms with Crippen LogP contribution in [0.3, 0.4) is 0 Å². The fraction of sp³-hybridized carbons (Fsp3) is 0.533. The Bertz CT molecular complexity index is 459. The number of anilines is 1. The summed E-state index contributed by atoms with van der Waals surface area (Å²) in [4.78, 5) is 11.2. The van der Waals surface area contributed by atoms with Crippen molar-refractivity contribution in [2.24, 2.45) is 11.8 Å². The van der Waals surface area contributed by atoms with Gasteiger partial charge < -0.3 is 15.2 Å². The molecule has 1 aliphatic rings. The van der Waals surface area contributed by atoms with Gasteiger partial charge >= 0.3 is 5.97 Å². The highest BCUT2D eigenvalue weighted by Gasteiger charge is 2.21. The SMILES string of the molecule is COc1ccc(C(=O)O)c(NCC2CCC(C)C2)c1. The average Bonchev–Trinajstić information content (AvgIpc) is 2.81. The molecule has 1 aromatic carbocycles. The molecule has 2 N–H and O–H groups in total. The fourth-order valence-electron chi connectivity index (χ4n) is 2.75. The highest BCUT2D eigenvalue weighted by atomic mass is 16.5. The first-order valence-electron chi connectivity index (χ1n) is 6.75. The first kappa shape index (κ1) is 13.7. The molecule has 0 radical (unpaired) electrons. The lowest BCUT2D eigenvalue weighted by atomic mass is 10.1. The maximum atomic E-state index is 11.2. The zero-order chi connectivity index (χ0) is 13.8. The number of nitrogens with one attached hydrogen (secondary N) is 1. The number of carboxylic acids is 1. The van der Waals surface area contributed by atoms with Crippen LogP contribution in [-0.4, -0.2) is 24.7 Å². The molecule has 0 aromatic heterocycles. The molecular formula is C15H21NO3. The second kappa shape index (κ2) is 5.95. The van der Waals surface area contributed by atoms with Crippen LogP contribution in [0.15, 0.2) is 18.2 Å². The number of hydrogen-bond donors (Lipinski definition) is 2. The van der Waals surface area contributed by atoms with Crippen molar-refractivity contribution in [2.75, 3.05) is 19.0 Å². The first-order valence-corrected chi connectivity index (χ1v) is 6.75. The second-order valence-electron chi connectivity index (χ2n) is 5.38. The molecule has 0 bridgehead atoms. The summed E-state index contributed by atoms with van der Waals surface area (Å²) in [5, 5.41) is 12.5. The smallest absolute Gasteiger partial charge is 0.337 e. The van der Waals surface area contributed by atoms with Crippen molar-refractivity contribution in [3.05, 3.63) is 23.8 Å². The third-order valence-corrected chi connectivity index (χ3v) is 3.84. The minimum Gasteiger partial charge on any atom is -0.497 e. The third kappa shape index (κ3) is 3.40. The van der Waals surface area contributed by atoms with Gasteiger partial charge in [-0.1, -0.05) is 13.3 Å². The molecule has 19 heavy (non-hydrogen) atoms. The number of carboxylic acid groups (broad SMARTS) is 1. The van der Waals surface area contributed by atoms with Gasteiger partial charge in [-0.25, -0.2) is 4.79 Å². The first-order chi connectivity index (χ1) is 9.10. The number of hydrogen-bond acceptors (Lipinski definition) is 3. The largest absolute Gasteiger partial charge is 0.497 e. The molecule has 104 valence electrons. The summed E-state index contributed by atoms with van der Waals surface area (Å²) in [6, 6.07) is 5.01. The molecule has 0 aliphatic heterocycles. The quantitative estimate of drug-likeness (QED) is 0.856. The van der Waals surface area contributed by atoms with Gasteiger partial charge in [0, 0.05) is 12.6 Å². The lowest BCUT2D eigenvalue weighted by molar-refractivity contribution is 0.0698. The summed E-state index contributed by atoms with van der Waals surface area (Å²) in [7, 11) is 1.58. The van der Waals surface area contributed by atoms with Gasteiger partial charge in [-0.15, -0.1) is 0 Å². The van der Waals surface area contributed by atoms with Crippen LogP contribution in [0.2, 0.25) is 0 Å². The zero-order valence-corrected chi connectivity index (χ0v) is 11.5. The number of ether oxygens (including phenoxy) is 1. The summed E-state index contributed by atoms with van der Waals surface area (Å²) in [6.07, 6.45) is 3.72. The van der Waals surface area contributed by atoms with Crippen LogP contribution in [0.4, 0.5) is 5.69 Å². The monoisotopic (exact) mass is 263 g/mol. The van der Waals surface area contributed by atoms with Crippen LogP contribution in [0.25, 0.3) is 0 Å². The second-order valence-corrected chi connectivity index (χ2v) is 5.38. The average molecular weight is 263 g/mol. The van der Waals surface area contributed by atoms with E-state index in [1.54, 1.807) is 25.3 Å². The number of methoxy groups -OCH3 is 1. The molecule has 0 spiro atoms. The van der Waals surface area contributed by atoms with Gasteiger partial charge in [0.2, 0.25) is 0 Å². The molecule has 0 saturated heterocycles. The van der Waals surface area contributed by atoms with Gasteiger partial charge in [0.25, 0.3) is 0 Å². The minimum atomic E-state index is -0.912. The maximum absolute atomic E-state index is 11.2. The minimum absolute atomic E-state index is 0.298. The molecule has 0 amide bonds. The van der Waals surface area contributed by atoms with Gasteiger partial charge in [0.05, 0.1) is 18.4 Å². The molecule has 2 rings (SSSR count). The van der Waals surface area contributed by atoms with Gasteiger partial charge in [-0.2, -0.15) is 0 Å². The van der Waals surface area contributed by atoms with Crippen LogP contribution in [0.5, 0.6) is 5.75 Å². The number of rotatable bonds is 5. The Morgan fingerprint density at radius 2 is 2.26 bits per heavy atom. The fourth-order valence-corrected chi connectivity index (χ4v) is 2.75. The summed E-state index contributed by atoms with van der Waals surface area (Å²) >= 11 is 0. The van der Waals surface area contributed by atoms with Gasteiger partial charge in [0.15, 0.2) is 0 Å². The Hall–Kier alpha value is -1.71. The van der Waals surface area contributed by atoms with Crippen molar-refractivity contribution in [3.8, 4) is 5.75 Å². The maximum Gasteiger partial charge on any atom is 0.337 e. The Morgan fingerprint density at radius 1 is 1.47 bits per heavy atom. The van der Waals surface area contributed by atoms with Crippen LogP contribution >= 0.6 is 0 Å². The van der Waals surface area contributed by atoms with Crippen molar-refractivity contribution in [1.82, 2.24) is 0 Å². The predicted octanol–water partition coefficient (Wildman–Crippen LogP) is 3.24. The predicted molar refractivity (Wildman–Crippen MR) is 74.9 cm³/mol. The molecule has 4 nitrogen and oxygen atoms in total. The van der Waals surface area contributed by atoms with Crippen LogP contribution in [0, 0.1) is 11.8 Å². The molecule has 0 heterocycles. The molecule has 2 atom stereocenters. The Morgan fingerprint density at radius 3 is 2.84 bits per heavy atom. The van der Waals surface area contributed by atoms with E-state index in [0.717, 1.165) is 12.5 Å². The summed E-state index contributed by atoms with van der Waals surface area (Å²) < 4.78 is 5.15. The Balaban J connectivity index is 2.06. The number of aromatic carboxylic acids is 1. The van der Waals surface area contributed by atoms with E-state index in [0.29, 0.717) is 22.9 Å². The molecule has 1 aliphatic carbocycles. The van der Waals surface area contributed by atoms with Crippen molar-refractivity contribution < 1.29 is 14.6 Å². The molecular weight excluding hydrogens is 242 g/mol. The van der Waals surface area contributed by atoms with Crippen LogP contribution < -0.4 is 10.1 Å². The van der Waals surface area contributed by atoms with Crippen molar-refractivity contribution >= 4 is 11.7 Å². The topological polar surface area (TPSA) is 58.6 Å². The normalized spacial score (nSPS) is 22.2. The lowest BCUT2D eigenvalue weighted by Gasteiger charge is -2.15. The standard InChI is InChI=1S/C15H21NO3/c1-10-3-4-11(7-10)9-16-14-8-12(19-2)5-6-13(14)15(17)18/h5-6,8,10-11,16H,3-4,7,9H2,1-2H3,(H,17,18). The highest BCUT2D eigenvalue weighted by Crippen LogP contribution is 2.31. The van der Waals surface area contributed by atoms with E-state index in [1.807, 2.05) is 0 Å². The molecule has 1 aromatic rings. The third-order valence-electron chi connectivity index (χ3n) is 3.84. The van der Waals surface area contributed by atoms with Crippen LogP contribution in [-0.2, 0) is 0 Å². The summed E-state index contributed by atoms with van der Waals surface area (Å²) in [5.41, 5.74) is 0.943. The van der Waals surface area contributed by atoms with E-state index in [4.69, 9.17) is 4.74 Å². The number of carbonyl (C=O) groups is 1. The highest BCUT2D eigenvalue weighted by molar-refractivity contribution is 5.94. The molecule has 1 fully saturated rings. The molecule has 1 saturated carbocycles. The van der Waals surface area contributed by atoms with Gasteiger partial charge in [-0.05, 0) is 36.8 Å².